The van der Waals surface area contributed by atoms with Crippen molar-refractivity contribution in [2.45, 2.75) is 39.8 Å². The van der Waals surface area contributed by atoms with E-state index in [0.717, 1.165) is 17.9 Å². The highest BCUT2D eigenvalue weighted by atomic mass is 16.6. The van der Waals surface area contributed by atoms with Gasteiger partial charge >= 0.3 is 6.09 Å². The van der Waals surface area contributed by atoms with Crippen LogP contribution in [0.1, 0.15) is 42.5 Å². The highest BCUT2D eigenvalue weighted by Gasteiger charge is 2.16. The minimum atomic E-state index is -0.595. The molecule has 3 aromatic rings. The summed E-state index contributed by atoms with van der Waals surface area (Å²) >= 11 is 0. The Morgan fingerprint density at radius 3 is 2.40 bits per heavy atom. The van der Waals surface area contributed by atoms with Gasteiger partial charge in [-0.3, -0.25) is 10.1 Å². The summed E-state index contributed by atoms with van der Waals surface area (Å²) in [4.78, 5) is 28.7. The first-order valence-electron chi connectivity index (χ1n) is 9.68. The summed E-state index contributed by atoms with van der Waals surface area (Å²) in [5.41, 5.74) is 2.13. The molecule has 3 rings (SSSR count). The van der Waals surface area contributed by atoms with Gasteiger partial charge in [-0.1, -0.05) is 18.2 Å². The Bertz CT molecular complexity index is 1030. The fourth-order valence-electron chi connectivity index (χ4n) is 2.82. The number of hydrogen-bond donors (Lipinski definition) is 2. The summed E-state index contributed by atoms with van der Waals surface area (Å²) in [6, 6.07) is 14.4. The second-order valence-electron chi connectivity index (χ2n) is 7.96. The molecule has 0 aliphatic rings. The molecule has 0 aliphatic carbocycles. The van der Waals surface area contributed by atoms with E-state index in [2.05, 4.69) is 20.2 Å². The first kappa shape index (κ1) is 21.1. The molecule has 2 N–H and O–H groups in total. The lowest BCUT2D eigenvalue weighted by molar-refractivity contribution is 0.0635. The van der Waals surface area contributed by atoms with Gasteiger partial charge in [0, 0.05) is 35.9 Å². The van der Waals surface area contributed by atoms with E-state index in [1.807, 2.05) is 37.4 Å². The van der Waals surface area contributed by atoms with Gasteiger partial charge < -0.3 is 14.6 Å². The van der Waals surface area contributed by atoms with Crippen molar-refractivity contribution in [1.82, 2.24) is 9.55 Å². The molecule has 0 saturated heterocycles. The van der Waals surface area contributed by atoms with Crippen LogP contribution in [-0.4, -0.2) is 27.2 Å². The number of imidazole rings is 1. The second kappa shape index (κ2) is 8.82. The van der Waals surface area contributed by atoms with E-state index in [9.17, 15) is 9.59 Å². The summed E-state index contributed by atoms with van der Waals surface area (Å²) in [6.07, 6.45) is 3.14. The van der Waals surface area contributed by atoms with Crippen LogP contribution in [0.4, 0.5) is 16.2 Å². The normalized spacial score (nSPS) is 11.1. The van der Waals surface area contributed by atoms with Crippen LogP contribution in [0.5, 0.6) is 0 Å². The predicted molar refractivity (Wildman–Crippen MR) is 117 cm³/mol. The number of aromatic nitrogens is 2. The molecule has 0 unspecified atom stereocenters. The molecule has 2 amide bonds. The summed E-state index contributed by atoms with van der Waals surface area (Å²) < 4.78 is 7.29. The van der Waals surface area contributed by atoms with Crippen molar-refractivity contribution in [3.05, 3.63) is 77.9 Å². The van der Waals surface area contributed by atoms with Crippen LogP contribution < -0.4 is 10.6 Å². The first-order valence-corrected chi connectivity index (χ1v) is 9.68. The van der Waals surface area contributed by atoms with Crippen LogP contribution in [0.25, 0.3) is 0 Å². The Labute approximate surface area is 176 Å². The predicted octanol–water partition coefficient (Wildman–Crippen LogP) is 4.84. The molecule has 1 aromatic heterocycles. The molecule has 0 fully saturated rings. The molecule has 0 atom stereocenters. The molecule has 0 saturated carbocycles. The van der Waals surface area contributed by atoms with Crippen molar-refractivity contribution in [2.24, 2.45) is 0 Å². The van der Waals surface area contributed by atoms with Crippen LogP contribution in [0, 0.1) is 6.92 Å². The van der Waals surface area contributed by atoms with Gasteiger partial charge in [0.1, 0.15) is 11.4 Å². The number of carbonyl (C=O) groups is 2. The molecule has 30 heavy (non-hydrogen) atoms. The Morgan fingerprint density at radius 2 is 1.77 bits per heavy atom. The smallest absolute Gasteiger partial charge is 0.412 e. The van der Waals surface area contributed by atoms with Gasteiger partial charge in [0.25, 0.3) is 5.91 Å². The van der Waals surface area contributed by atoms with E-state index in [1.54, 1.807) is 51.2 Å². The monoisotopic (exact) mass is 406 g/mol. The molecule has 7 nitrogen and oxygen atoms in total. The van der Waals surface area contributed by atoms with Crippen molar-refractivity contribution in [3.8, 4) is 0 Å². The number of hydrogen-bond acceptors (Lipinski definition) is 4. The number of carbonyl (C=O) groups excluding carboxylic acids is 2. The minimum absolute atomic E-state index is 0.263. The van der Waals surface area contributed by atoms with Gasteiger partial charge in [0.2, 0.25) is 0 Å². The number of amides is 2. The average molecular weight is 406 g/mol. The van der Waals surface area contributed by atoms with E-state index in [0.29, 0.717) is 16.9 Å². The van der Waals surface area contributed by atoms with E-state index >= 15 is 0 Å². The lowest BCUT2D eigenvalue weighted by atomic mass is 10.1. The van der Waals surface area contributed by atoms with Crippen LogP contribution in [-0.2, 0) is 11.3 Å². The maximum atomic E-state index is 12.6. The quantitative estimate of drug-likeness (QED) is 0.635. The van der Waals surface area contributed by atoms with E-state index in [1.165, 1.54) is 0 Å². The Morgan fingerprint density at radius 1 is 1.03 bits per heavy atom. The van der Waals surface area contributed by atoms with Crippen LogP contribution in [0.2, 0.25) is 0 Å². The summed E-state index contributed by atoms with van der Waals surface area (Å²) in [7, 11) is 0. The van der Waals surface area contributed by atoms with E-state index in [-0.39, 0.29) is 5.91 Å². The Kier molecular flexibility index (Phi) is 6.20. The number of anilines is 2. The lowest BCUT2D eigenvalue weighted by Crippen LogP contribution is -2.27. The maximum absolute atomic E-state index is 12.6. The van der Waals surface area contributed by atoms with Gasteiger partial charge in [0.05, 0.1) is 0 Å². The van der Waals surface area contributed by atoms with Crippen molar-refractivity contribution < 1.29 is 14.3 Å². The standard InChI is InChI=1S/C23H26N4O3/c1-16-24-12-13-27(16)15-17-8-10-19(11-9-17)25-21(28)18-6-5-7-20(14-18)26-22(29)30-23(2,3)4/h5-14H,15H2,1-4H3,(H,25,28)(H,26,29). The Balaban J connectivity index is 1.61. The van der Waals surface area contributed by atoms with Crippen molar-refractivity contribution in [2.75, 3.05) is 10.6 Å². The molecule has 7 heteroatoms. The lowest BCUT2D eigenvalue weighted by Gasteiger charge is -2.19. The third-order valence-electron chi connectivity index (χ3n) is 4.26. The topological polar surface area (TPSA) is 85.3 Å². The van der Waals surface area contributed by atoms with Gasteiger partial charge in [-0.2, -0.15) is 0 Å². The third kappa shape index (κ3) is 5.94. The van der Waals surface area contributed by atoms with Crippen LogP contribution in [0.3, 0.4) is 0 Å². The SMILES string of the molecule is Cc1nccn1Cc1ccc(NC(=O)c2cccc(NC(=O)OC(C)(C)C)c2)cc1. The van der Waals surface area contributed by atoms with E-state index in [4.69, 9.17) is 4.74 Å². The summed E-state index contributed by atoms with van der Waals surface area (Å²) in [5, 5.41) is 5.51. The number of nitrogens with one attached hydrogen (secondary N) is 2. The van der Waals surface area contributed by atoms with Crippen molar-refractivity contribution >= 4 is 23.4 Å². The summed E-state index contributed by atoms with van der Waals surface area (Å²) in [6.45, 7) is 8.05. The fourth-order valence-corrected chi connectivity index (χ4v) is 2.82. The van der Waals surface area contributed by atoms with Crippen LogP contribution in [0.15, 0.2) is 60.9 Å². The molecule has 0 spiro atoms. The highest BCUT2D eigenvalue weighted by Crippen LogP contribution is 2.16. The van der Waals surface area contributed by atoms with Gasteiger partial charge in [-0.15, -0.1) is 0 Å². The first-order chi connectivity index (χ1) is 14.2. The zero-order chi connectivity index (χ0) is 21.7. The number of ether oxygens (including phenoxy) is 1. The molecule has 1 heterocycles. The van der Waals surface area contributed by atoms with Gasteiger partial charge in [-0.05, 0) is 63.6 Å². The largest absolute Gasteiger partial charge is 0.444 e. The fraction of sp³-hybridized carbons (Fsp3) is 0.261. The van der Waals surface area contributed by atoms with Gasteiger partial charge in [0.15, 0.2) is 0 Å². The van der Waals surface area contributed by atoms with Gasteiger partial charge in [-0.25, -0.2) is 9.78 Å². The summed E-state index contributed by atoms with van der Waals surface area (Å²) in [5.74, 6) is 0.688. The molecule has 156 valence electrons. The van der Waals surface area contributed by atoms with Crippen molar-refractivity contribution in [1.29, 1.82) is 0 Å². The molecule has 0 aliphatic heterocycles. The number of aryl methyl sites for hydroxylation is 1. The van der Waals surface area contributed by atoms with Crippen LogP contribution >= 0.6 is 0 Å². The van der Waals surface area contributed by atoms with E-state index < -0.39 is 11.7 Å². The zero-order valence-corrected chi connectivity index (χ0v) is 17.6. The molecule has 2 aromatic carbocycles. The molecule has 0 radical (unpaired) electrons. The molecular weight excluding hydrogens is 380 g/mol. The van der Waals surface area contributed by atoms with Crippen molar-refractivity contribution in [3.63, 3.8) is 0 Å². The average Bonchev–Trinajstić information content (AvgIpc) is 3.06. The molecular formula is C23H26N4O3. The maximum Gasteiger partial charge on any atom is 0.412 e. The second-order valence-corrected chi connectivity index (χ2v) is 7.96. The number of benzene rings is 2. The molecule has 0 bridgehead atoms. The zero-order valence-electron chi connectivity index (χ0n) is 17.6. The number of nitrogens with zero attached hydrogens (tertiary/aromatic N) is 2. The highest BCUT2D eigenvalue weighted by molar-refractivity contribution is 6.05. The number of rotatable bonds is 5. The minimum Gasteiger partial charge on any atom is -0.444 e. The third-order valence-corrected chi connectivity index (χ3v) is 4.26. The Hall–Kier alpha value is -3.61.